The number of hydrogen-bond acceptors (Lipinski definition) is 6. The molecular formula is C25H33F2N3O4. The standard InChI is InChI=1S/C25H33F2N3O4/c1-23(16-33-17-23)15-29-9-7-25(27,8-10-29)22(31)30-11-5-24(6-12-30)14-20(28-32-2)19-13-18(26)3-4-21(19)34-24/h3-4,13-14,28H,5-12,15-17H2,1-2H3. The van der Waals surface area contributed by atoms with Crippen molar-refractivity contribution in [2.24, 2.45) is 5.41 Å². The van der Waals surface area contributed by atoms with Crippen LogP contribution in [0.4, 0.5) is 8.78 Å². The van der Waals surface area contributed by atoms with Gasteiger partial charge in [-0.1, -0.05) is 6.92 Å². The maximum Gasteiger partial charge on any atom is 0.260 e. The Hall–Kier alpha value is -2.23. The molecule has 9 heteroatoms. The molecule has 5 rings (SSSR count). The van der Waals surface area contributed by atoms with Crippen LogP contribution >= 0.6 is 0 Å². The molecule has 1 spiro atoms. The number of hydrogen-bond donors (Lipinski definition) is 1. The lowest BCUT2D eigenvalue weighted by Crippen LogP contribution is -2.58. The summed E-state index contributed by atoms with van der Waals surface area (Å²) in [5, 5.41) is 0. The number of piperidine rings is 2. The average molecular weight is 478 g/mol. The molecule has 1 aromatic rings. The number of carbonyl (C=O) groups is 1. The van der Waals surface area contributed by atoms with Crippen molar-refractivity contribution in [3.8, 4) is 5.75 Å². The molecule has 0 unspecified atom stereocenters. The van der Waals surface area contributed by atoms with Crippen LogP contribution in [-0.2, 0) is 14.4 Å². The normalized spacial score (nSPS) is 25.1. The van der Waals surface area contributed by atoms with Crippen LogP contribution in [-0.4, -0.2) is 80.0 Å². The molecule has 0 atom stereocenters. The van der Waals surface area contributed by atoms with Gasteiger partial charge in [-0.2, -0.15) is 0 Å². The van der Waals surface area contributed by atoms with Crippen molar-refractivity contribution in [1.82, 2.24) is 15.3 Å². The molecule has 1 N–H and O–H groups in total. The van der Waals surface area contributed by atoms with Crippen LogP contribution < -0.4 is 10.2 Å². The Kier molecular flexibility index (Phi) is 6.06. The first-order valence-corrected chi connectivity index (χ1v) is 12.0. The van der Waals surface area contributed by atoms with Crippen LogP contribution in [0.15, 0.2) is 24.3 Å². The molecule has 4 aliphatic rings. The summed E-state index contributed by atoms with van der Waals surface area (Å²) in [5.41, 5.74) is 1.71. The van der Waals surface area contributed by atoms with E-state index >= 15 is 4.39 Å². The van der Waals surface area contributed by atoms with Gasteiger partial charge in [0, 0.05) is 69.4 Å². The highest BCUT2D eigenvalue weighted by molar-refractivity contribution is 5.85. The van der Waals surface area contributed by atoms with Gasteiger partial charge < -0.3 is 19.3 Å². The summed E-state index contributed by atoms with van der Waals surface area (Å²) in [7, 11) is 1.50. The molecule has 0 aliphatic carbocycles. The van der Waals surface area contributed by atoms with Crippen LogP contribution in [0.2, 0.25) is 0 Å². The molecular weight excluding hydrogens is 444 g/mol. The van der Waals surface area contributed by atoms with E-state index in [1.165, 1.54) is 19.2 Å². The van der Waals surface area contributed by atoms with Crippen molar-refractivity contribution in [3.63, 3.8) is 0 Å². The lowest BCUT2D eigenvalue weighted by atomic mass is 9.84. The van der Waals surface area contributed by atoms with Gasteiger partial charge in [-0.25, -0.2) is 8.78 Å². The number of nitrogens with one attached hydrogen (secondary N) is 1. The van der Waals surface area contributed by atoms with E-state index in [9.17, 15) is 9.18 Å². The van der Waals surface area contributed by atoms with Crippen LogP contribution in [0, 0.1) is 11.2 Å². The number of fused-ring (bicyclic) bond motifs is 1. The molecule has 0 radical (unpaired) electrons. The van der Waals surface area contributed by atoms with Crippen LogP contribution in [0.3, 0.4) is 0 Å². The second-order valence-electron chi connectivity index (χ2n) is 10.5. The topological polar surface area (TPSA) is 63.3 Å². The van der Waals surface area contributed by atoms with Crippen molar-refractivity contribution in [3.05, 3.63) is 35.7 Å². The minimum absolute atomic E-state index is 0.149. The highest BCUT2D eigenvalue weighted by Crippen LogP contribution is 2.41. The minimum atomic E-state index is -1.81. The van der Waals surface area contributed by atoms with Gasteiger partial charge in [0.2, 0.25) is 0 Å². The van der Waals surface area contributed by atoms with Crippen molar-refractivity contribution in [1.29, 1.82) is 0 Å². The van der Waals surface area contributed by atoms with E-state index < -0.39 is 17.2 Å². The monoisotopic (exact) mass is 477 g/mol. The fourth-order valence-electron chi connectivity index (χ4n) is 5.56. The van der Waals surface area contributed by atoms with E-state index in [1.807, 2.05) is 6.08 Å². The summed E-state index contributed by atoms with van der Waals surface area (Å²) >= 11 is 0. The zero-order valence-corrected chi connectivity index (χ0v) is 19.9. The van der Waals surface area contributed by atoms with Gasteiger partial charge in [-0.05, 0) is 24.3 Å². The SMILES string of the molecule is CONC1=CC2(CCN(C(=O)C3(F)CCN(CC4(C)COC4)CC3)CC2)Oc2ccc(F)cc21. The molecule has 4 aliphatic heterocycles. The van der Waals surface area contributed by atoms with E-state index in [4.69, 9.17) is 14.3 Å². The summed E-state index contributed by atoms with van der Waals surface area (Å²) in [5.74, 6) is -0.210. The number of nitrogens with zero attached hydrogens (tertiary/aromatic N) is 2. The van der Waals surface area contributed by atoms with Gasteiger partial charge >= 0.3 is 0 Å². The molecule has 3 saturated heterocycles. The van der Waals surface area contributed by atoms with Gasteiger partial charge in [0.05, 0.1) is 26.0 Å². The van der Waals surface area contributed by atoms with Crippen molar-refractivity contribution >= 4 is 11.6 Å². The molecule has 3 fully saturated rings. The van der Waals surface area contributed by atoms with Crippen LogP contribution in [0.1, 0.15) is 38.2 Å². The third kappa shape index (κ3) is 4.41. The summed E-state index contributed by atoms with van der Waals surface area (Å²) in [6.45, 7) is 6.53. The molecule has 0 saturated carbocycles. The Balaban J connectivity index is 1.21. The predicted molar refractivity (Wildman–Crippen MR) is 122 cm³/mol. The summed E-state index contributed by atoms with van der Waals surface area (Å²) < 4.78 is 41.1. The Bertz CT molecular complexity index is 965. The lowest BCUT2D eigenvalue weighted by molar-refractivity contribution is -0.152. The number of likely N-dealkylation sites (tertiary alicyclic amines) is 2. The highest BCUT2D eigenvalue weighted by Gasteiger charge is 2.48. The number of rotatable bonds is 5. The molecule has 0 aromatic heterocycles. The third-order valence-electron chi connectivity index (χ3n) is 7.60. The van der Waals surface area contributed by atoms with Crippen molar-refractivity contribution in [2.75, 3.05) is 53.0 Å². The first-order valence-electron chi connectivity index (χ1n) is 12.0. The van der Waals surface area contributed by atoms with Crippen LogP contribution in [0.25, 0.3) is 5.70 Å². The highest BCUT2D eigenvalue weighted by atomic mass is 19.1. The number of alkyl halides is 1. The molecule has 7 nitrogen and oxygen atoms in total. The van der Waals surface area contributed by atoms with E-state index in [0.29, 0.717) is 56.0 Å². The van der Waals surface area contributed by atoms with E-state index in [2.05, 4.69) is 17.3 Å². The lowest BCUT2D eigenvalue weighted by Gasteiger charge is -2.46. The van der Waals surface area contributed by atoms with Gasteiger partial charge in [0.25, 0.3) is 5.91 Å². The molecule has 186 valence electrons. The summed E-state index contributed by atoms with van der Waals surface area (Å²) in [6, 6.07) is 4.36. The number of benzene rings is 1. The summed E-state index contributed by atoms with van der Waals surface area (Å²) in [6.07, 6.45) is 3.38. The van der Waals surface area contributed by atoms with Crippen molar-refractivity contribution in [2.45, 2.75) is 43.9 Å². The number of carbonyl (C=O) groups excluding carboxylic acids is 1. The minimum Gasteiger partial charge on any atom is -0.482 e. The molecule has 1 aromatic carbocycles. The van der Waals surface area contributed by atoms with Gasteiger partial charge in [0.15, 0.2) is 5.67 Å². The largest absolute Gasteiger partial charge is 0.482 e. The Morgan fingerprint density at radius 3 is 2.47 bits per heavy atom. The zero-order valence-electron chi connectivity index (χ0n) is 19.9. The number of ether oxygens (including phenoxy) is 2. The first kappa shape index (κ1) is 23.5. The van der Waals surface area contributed by atoms with Gasteiger partial charge in [0.1, 0.15) is 17.2 Å². The quantitative estimate of drug-likeness (QED) is 0.658. The fraction of sp³-hybridized carbons (Fsp3) is 0.640. The Morgan fingerprint density at radius 1 is 1.15 bits per heavy atom. The van der Waals surface area contributed by atoms with Gasteiger partial charge in [-0.15, -0.1) is 0 Å². The predicted octanol–water partition coefficient (Wildman–Crippen LogP) is 2.91. The smallest absolute Gasteiger partial charge is 0.260 e. The summed E-state index contributed by atoms with van der Waals surface area (Å²) in [4.78, 5) is 22.2. The Labute approximate surface area is 199 Å². The maximum atomic E-state index is 15.7. The second-order valence-corrected chi connectivity index (χ2v) is 10.5. The van der Waals surface area contributed by atoms with E-state index in [0.717, 1.165) is 19.8 Å². The third-order valence-corrected chi connectivity index (χ3v) is 7.60. The zero-order chi connectivity index (χ0) is 24.0. The maximum absolute atomic E-state index is 15.7. The number of amides is 1. The molecule has 34 heavy (non-hydrogen) atoms. The Morgan fingerprint density at radius 2 is 1.85 bits per heavy atom. The number of halogens is 2. The molecule has 1 amide bonds. The van der Waals surface area contributed by atoms with Gasteiger partial charge in [-0.3, -0.25) is 15.1 Å². The number of hydroxylamine groups is 1. The van der Waals surface area contributed by atoms with Crippen LogP contribution in [0.5, 0.6) is 5.75 Å². The first-order chi connectivity index (χ1) is 16.2. The van der Waals surface area contributed by atoms with E-state index in [1.54, 1.807) is 11.0 Å². The second kappa shape index (κ2) is 8.77. The molecule has 0 bridgehead atoms. The average Bonchev–Trinajstić information content (AvgIpc) is 2.80. The molecule has 4 heterocycles. The fourth-order valence-corrected chi connectivity index (χ4v) is 5.56. The van der Waals surface area contributed by atoms with E-state index in [-0.39, 0.29) is 24.1 Å². The van der Waals surface area contributed by atoms with Crippen molar-refractivity contribution < 1.29 is 27.9 Å².